The summed E-state index contributed by atoms with van der Waals surface area (Å²) in [7, 11) is 1.61. The first kappa shape index (κ1) is 14.3. The third-order valence-corrected chi connectivity index (χ3v) is 3.51. The lowest BCUT2D eigenvalue weighted by molar-refractivity contribution is -0.116. The van der Waals surface area contributed by atoms with Crippen LogP contribution in [0.4, 0.5) is 10.8 Å². The Hall–Kier alpha value is -2.08. The van der Waals surface area contributed by atoms with Gasteiger partial charge in [0.15, 0.2) is 5.13 Å². The molecule has 0 bridgehead atoms. The van der Waals surface area contributed by atoms with E-state index in [-0.39, 0.29) is 11.9 Å². The van der Waals surface area contributed by atoms with E-state index in [0.29, 0.717) is 17.3 Å². The molecule has 1 atom stereocenters. The van der Waals surface area contributed by atoms with Crippen LogP contribution >= 0.6 is 11.3 Å². The molecule has 1 aromatic carbocycles. The van der Waals surface area contributed by atoms with E-state index in [9.17, 15) is 4.79 Å². The molecule has 0 unspecified atom stereocenters. The summed E-state index contributed by atoms with van der Waals surface area (Å²) in [6, 6.07) is 7.19. The van der Waals surface area contributed by atoms with Crippen molar-refractivity contribution in [3.05, 3.63) is 35.8 Å². The third kappa shape index (κ3) is 3.48. The number of thiazole rings is 1. The number of hydrogen-bond donors (Lipinski definition) is 2. The Bertz CT molecular complexity index is 557. The Morgan fingerprint density at radius 3 is 2.90 bits per heavy atom. The van der Waals surface area contributed by atoms with Crippen molar-refractivity contribution in [3.63, 3.8) is 0 Å². The minimum Gasteiger partial charge on any atom is -0.495 e. The van der Waals surface area contributed by atoms with Crippen molar-refractivity contribution in [1.29, 1.82) is 0 Å². The highest BCUT2D eigenvalue weighted by molar-refractivity contribution is 7.13. The minimum atomic E-state index is -0.338. The van der Waals surface area contributed by atoms with Crippen LogP contribution in [-0.4, -0.2) is 24.0 Å². The van der Waals surface area contributed by atoms with Gasteiger partial charge in [0.1, 0.15) is 11.8 Å². The number of benzene rings is 1. The van der Waals surface area contributed by atoms with E-state index in [0.717, 1.165) is 5.69 Å². The van der Waals surface area contributed by atoms with Crippen molar-refractivity contribution < 1.29 is 9.53 Å². The van der Waals surface area contributed by atoms with Gasteiger partial charge in [0, 0.05) is 11.6 Å². The fourth-order valence-electron chi connectivity index (χ4n) is 1.78. The van der Waals surface area contributed by atoms with Gasteiger partial charge in [-0.05, 0) is 18.6 Å². The monoisotopic (exact) mass is 291 g/mol. The maximum atomic E-state index is 12.2. The predicted molar refractivity (Wildman–Crippen MR) is 81.4 cm³/mol. The molecule has 1 amide bonds. The van der Waals surface area contributed by atoms with Crippen LogP contribution in [0.5, 0.6) is 5.75 Å². The van der Waals surface area contributed by atoms with Crippen LogP contribution in [0.1, 0.15) is 13.3 Å². The summed E-state index contributed by atoms with van der Waals surface area (Å²) < 4.78 is 5.27. The van der Waals surface area contributed by atoms with Crippen LogP contribution < -0.4 is 15.4 Å². The molecule has 1 heterocycles. The largest absolute Gasteiger partial charge is 0.495 e. The molecule has 2 aromatic rings. The Morgan fingerprint density at radius 1 is 1.45 bits per heavy atom. The van der Waals surface area contributed by atoms with Gasteiger partial charge in [0.05, 0.1) is 12.8 Å². The zero-order valence-corrected chi connectivity index (χ0v) is 12.2. The smallest absolute Gasteiger partial charge is 0.248 e. The van der Waals surface area contributed by atoms with Gasteiger partial charge in [-0.25, -0.2) is 4.98 Å². The number of para-hydroxylation sites is 2. The summed E-state index contributed by atoms with van der Waals surface area (Å²) in [5.74, 6) is 0.612. The number of amides is 1. The van der Waals surface area contributed by atoms with E-state index in [1.54, 1.807) is 13.3 Å². The first-order chi connectivity index (χ1) is 9.74. The second-order valence-corrected chi connectivity index (χ2v) is 5.03. The average Bonchev–Trinajstić information content (AvgIpc) is 2.97. The Morgan fingerprint density at radius 2 is 2.25 bits per heavy atom. The summed E-state index contributed by atoms with van der Waals surface area (Å²) in [6.45, 7) is 1.95. The van der Waals surface area contributed by atoms with Crippen molar-refractivity contribution in [3.8, 4) is 5.75 Å². The Labute approximate surface area is 122 Å². The van der Waals surface area contributed by atoms with Crippen molar-refractivity contribution in [1.82, 2.24) is 4.98 Å². The summed E-state index contributed by atoms with van der Waals surface area (Å²) in [5, 5.41) is 8.43. The molecule has 0 radical (unpaired) electrons. The highest BCUT2D eigenvalue weighted by Gasteiger charge is 2.18. The van der Waals surface area contributed by atoms with Crippen LogP contribution in [0.2, 0.25) is 0 Å². The number of methoxy groups -OCH3 is 1. The number of carbonyl (C=O) groups is 1. The van der Waals surface area contributed by atoms with Crippen LogP contribution in [-0.2, 0) is 4.79 Å². The third-order valence-electron chi connectivity index (χ3n) is 2.82. The topological polar surface area (TPSA) is 63.2 Å². The van der Waals surface area contributed by atoms with Gasteiger partial charge < -0.3 is 15.4 Å². The van der Waals surface area contributed by atoms with Crippen LogP contribution in [0, 0.1) is 0 Å². The Balaban J connectivity index is 2.06. The van der Waals surface area contributed by atoms with Gasteiger partial charge in [0.2, 0.25) is 5.91 Å². The van der Waals surface area contributed by atoms with Crippen molar-refractivity contribution in [2.24, 2.45) is 0 Å². The van der Waals surface area contributed by atoms with E-state index < -0.39 is 0 Å². The van der Waals surface area contributed by atoms with Crippen LogP contribution in [0.15, 0.2) is 35.8 Å². The summed E-state index contributed by atoms with van der Waals surface area (Å²) in [6.07, 6.45) is 2.32. The second kappa shape index (κ2) is 6.91. The lowest BCUT2D eigenvalue weighted by Gasteiger charge is -2.18. The van der Waals surface area contributed by atoms with Crippen molar-refractivity contribution in [2.45, 2.75) is 19.4 Å². The average molecular weight is 291 g/mol. The van der Waals surface area contributed by atoms with Crippen LogP contribution in [0.3, 0.4) is 0 Å². The molecule has 106 valence electrons. The second-order valence-electron chi connectivity index (χ2n) is 4.13. The molecule has 2 rings (SSSR count). The van der Waals surface area contributed by atoms with E-state index in [4.69, 9.17) is 4.74 Å². The van der Waals surface area contributed by atoms with Crippen molar-refractivity contribution in [2.75, 3.05) is 17.7 Å². The summed E-state index contributed by atoms with van der Waals surface area (Å²) in [5.41, 5.74) is 0.802. The number of hydrogen-bond acceptors (Lipinski definition) is 5. The zero-order chi connectivity index (χ0) is 14.4. The number of ether oxygens (including phenoxy) is 1. The number of aromatic nitrogens is 1. The highest BCUT2D eigenvalue weighted by Crippen LogP contribution is 2.24. The van der Waals surface area contributed by atoms with Gasteiger partial charge in [-0.1, -0.05) is 19.1 Å². The first-order valence-corrected chi connectivity index (χ1v) is 7.22. The van der Waals surface area contributed by atoms with Gasteiger partial charge in [-0.3, -0.25) is 4.79 Å². The fraction of sp³-hybridized carbons (Fsp3) is 0.286. The fourth-order valence-corrected chi connectivity index (χ4v) is 2.31. The Kier molecular flexibility index (Phi) is 4.95. The molecule has 6 heteroatoms. The molecule has 1 aromatic heterocycles. The van der Waals surface area contributed by atoms with E-state index in [2.05, 4.69) is 15.6 Å². The number of anilines is 2. The van der Waals surface area contributed by atoms with E-state index in [1.165, 1.54) is 11.3 Å². The molecule has 0 saturated carbocycles. The number of carbonyl (C=O) groups excluding carboxylic acids is 1. The van der Waals surface area contributed by atoms with Gasteiger partial charge in [-0.15, -0.1) is 11.3 Å². The molecule has 0 fully saturated rings. The summed E-state index contributed by atoms with van der Waals surface area (Å²) in [4.78, 5) is 16.2. The number of nitrogens with zero attached hydrogens (tertiary/aromatic N) is 1. The standard InChI is InChI=1S/C14H17N3O2S/c1-3-10(13(18)17-14-15-8-9-20-14)16-11-6-4-5-7-12(11)19-2/h4-10,16H,3H2,1-2H3,(H,15,17,18)/t10-/m0/s1. The molecule has 5 nitrogen and oxygen atoms in total. The molecule has 0 aliphatic rings. The lowest BCUT2D eigenvalue weighted by atomic mass is 10.2. The predicted octanol–water partition coefficient (Wildman–Crippen LogP) is 2.98. The number of rotatable bonds is 6. The zero-order valence-electron chi connectivity index (χ0n) is 11.4. The van der Waals surface area contributed by atoms with Gasteiger partial charge >= 0.3 is 0 Å². The molecule has 20 heavy (non-hydrogen) atoms. The van der Waals surface area contributed by atoms with Gasteiger partial charge in [-0.2, -0.15) is 0 Å². The van der Waals surface area contributed by atoms with E-state index >= 15 is 0 Å². The molecular formula is C14H17N3O2S. The normalized spacial score (nSPS) is 11.7. The molecule has 0 spiro atoms. The van der Waals surface area contributed by atoms with Crippen LogP contribution in [0.25, 0.3) is 0 Å². The lowest BCUT2D eigenvalue weighted by Crippen LogP contribution is -2.34. The molecular weight excluding hydrogens is 274 g/mol. The quantitative estimate of drug-likeness (QED) is 0.859. The van der Waals surface area contributed by atoms with Gasteiger partial charge in [0.25, 0.3) is 0 Å². The maximum absolute atomic E-state index is 12.2. The molecule has 0 aliphatic carbocycles. The minimum absolute atomic E-state index is 0.103. The molecule has 0 saturated heterocycles. The molecule has 0 aliphatic heterocycles. The summed E-state index contributed by atoms with van der Waals surface area (Å²) >= 11 is 1.40. The molecule has 2 N–H and O–H groups in total. The SMILES string of the molecule is CC[C@H](Nc1ccccc1OC)C(=O)Nc1nccs1. The number of nitrogens with one attached hydrogen (secondary N) is 2. The first-order valence-electron chi connectivity index (χ1n) is 6.34. The maximum Gasteiger partial charge on any atom is 0.248 e. The van der Waals surface area contributed by atoms with Crippen molar-refractivity contribution >= 4 is 28.1 Å². The highest BCUT2D eigenvalue weighted by atomic mass is 32.1. The van der Waals surface area contributed by atoms with E-state index in [1.807, 2.05) is 36.6 Å².